The quantitative estimate of drug-likeness (QED) is 0.807. The van der Waals surface area contributed by atoms with Gasteiger partial charge in [-0.1, -0.05) is 11.6 Å². The van der Waals surface area contributed by atoms with Crippen molar-refractivity contribution >= 4 is 28.4 Å². The van der Waals surface area contributed by atoms with Gasteiger partial charge in [-0.3, -0.25) is 9.89 Å². The van der Waals surface area contributed by atoms with E-state index in [4.69, 9.17) is 11.6 Å². The molecule has 4 atom stereocenters. The van der Waals surface area contributed by atoms with Crippen LogP contribution in [-0.2, 0) is 10.4 Å². The molecule has 3 N–H and O–H groups in total. The minimum atomic E-state index is -0.872. The molecule has 1 aromatic carbocycles. The van der Waals surface area contributed by atoms with Crippen molar-refractivity contribution < 1.29 is 9.90 Å². The highest BCUT2D eigenvalue weighted by Crippen LogP contribution is 2.60. The summed E-state index contributed by atoms with van der Waals surface area (Å²) in [6.07, 6.45) is 5.15. The van der Waals surface area contributed by atoms with Gasteiger partial charge in [0.15, 0.2) is 0 Å². The van der Waals surface area contributed by atoms with Crippen molar-refractivity contribution in [3.63, 3.8) is 0 Å². The first-order chi connectivity index (χ1) is 11.0. The summed E-state index contributed by atoms with van der Waals surface area (Å²) >= 11 is 6.19. The van der Waals surface area contributed by atoms with Crippen molar-refractivity contribution in [2.75, 3.05) is 0 Å². The van der Waals surface area contributed by atoms with E-state index in [1.54, 1.807) is 6.20 Å². The fourth-order valence-electron chi connectivity index (χ4n) is 4.33. The highest BCUT2D eigenvalue weighted by Gasteiger charge is 2.62. The lowest BCUT2D eigenvalue weighted by Gasteiger charge is -2.27. The van der Waals surface area contributed by atoms with Crippen LogP contribution < -0.4 is 5.32 Å². The van der Waals surface area contributed by atoms with Gasteiger partial charge in [0.1, 0.15) is 0 Å². The number of rotatable bonds is 3. The Morgan fingerprint density at radius 1 is 1.35 bits per heavy atom. The van der Waals surface area contributed by atoms with E-state index in [0.29, 0.717) is 29.7 Å². The molecule has 0 saturated heterocycles. The average Bonchev–Trinajstić information content (AvgIpc) is 3.36. The molecule has 3 saturated carbocycles. The van der Waals surface area contributed by atoms with Crippen LogP contribution >= 0.6 is 11.6 Å². The minimum Gasteiger partial charge on any atom is -0.385 e. The third-order valence-electron chi connectivity index (χ3n) is 5.76. The molecular formula is C17H18ClN3O2. The van der Waals surface area contributed by atoms with Crippen LogP contribution in [-0.4, -0.2) is 27.3 Å². The smallest absolute Gasteiger partial charge is 0.223 e. The standard InChI is InChI=1S/C17H18ClN3O2/c18-9-3-13(12-7-19-21-14(12)4-9)17(23)5-10-11(6-17)15(10)20-16(22)8-1-2-8/h3-4,7-8,10-11,15,23H,1-2,5-6H2,(H,19,21)(H,20,22)/t10-,11+,15+,17+. The molecule has 5 rings (SSSR count). The first-order valence-electron chi connectivity index (χ1n) is 8.21. The number of aliphatic hydroxyl groups is 1. The molecule has 1 aromatic heterocycles. The number of nitrogens with one attached hydrogen (secondary N) is 2. The molecule has 3 aliphatic rings. The van der Waals surface area contributed by atoms with Gasteiger partial charge in [0.2, 0.25) is 5.91 Å². The van der Waals surface area contributed by atoms with Crippen LogP contribution in [0, 0.1) is 17.8 Å². The number of aromatic amines is 1. The number of halogens is 1. The number of carbonyl (C=O) groups is 1. The van der Waals surface area contributed by atoms with Gasteiger partial charge in [-0.05, 0) is 55.2 Å². The van der Waals surface area contributed by atoms with Crippen LogP contribution in [0.25, 0.3) is 10.9 Å². The Morgan fingerprint density at radius 3 is 2.78 bits per heavy atom. The molecule has 1 heterocycles. The van der Waals surface area contributed by atoms with E-state index in [2.05, 4.69) is 15.5 Å². The van der Waals surface area contributed by atoms with E-state index in [9.17, 15) is 9.90 Å². The van der Waals surface area contributed by atoms with Gasteiger partial charge in [-0.25, -0.2) is 0 Å². The molecule has 5 nitrogen and oxygen atoms in total. The normalized spacial score (nSPS) is 35.3. The van der Waals surface area contributed by atoms with E-state index in [1.807, 2.05) is 12.1 Å². The van der Waals surface area contributed by atoms with E-state index in [-0.39, 0.29) is 17.9 Å². The fourth-order valence-corrected chi connectivity index (χ4v) is 4.55. The lowest BCUT2D eigenvalue weighted by atomic mass is 9.86. The van der Waals surface area contributed by atoms with Gasteiger partial charge in [0, 0.05) is 22.4 Å². The number of amides is 1. The number of H-pyrrole nitrogens is 1. The minimum absolute atomic E-state index is 0.202. The van der Waals surface area contributed by atoms with Crippen molar-refractivity contribution in [2.24, 2.45) is 17.8 Å². The molecule has 3 aliphatic carbocycles. The van der Waals surface area contributed by atoms with Crippen LogP contribution in [0.15, 0.2) is 18.3 Å². The zero-order valence-electron chi connectivity index (χ0n) is 12.6. The van der Waals surface area contributed by atoms with Crippen LogP contribution in [0.3, 0.4) is 0 Å². The van der Waals surface area contributed by atoms with E-state index in [1.165, 1.54) is 0 Å². The Hall–Kier alpha value is -1.59. The summed E-state index contributed by atoms with van der Waals surface area (Å²) in [7, 11) is 0. The molecule has 2 aromatic rings. The second-order valence-corrected chi connectivity index (χ2v) is 7.80. The Balaban J connectivity index is 1.38. The number of hydrogen-bond donors (Lipinski definition) is 3. The Bertz CT molecular complexity index is 801. The van der Waals surface area contributed by atoms with Crippen LogP contribution in [0.1, 0.15) is 31.2 Å². The molecule has 0 unspecified atom stereocenters. The van der Waals surface area contributed by atoms with Crippen molar-refractivity contribution in [3.05, 3.63) is 28.9 Å². The third-order valence-corrected chi connectivity index (χ3v) is 5.98. The monoisotopic (exact) mass is 331 g/mol. The van der Waals surface area contributed by atoms with Gasteiger partial charge >= 0.3 is 0 Å². The number of aromatic nitrogens is 2. The molecule has 0 bridgehead atoms. The average molecular weight is 332 g/mol. The highest BCUT2D eigenvalue weighted by molar-refractivity contribution is 6.31. The van der Waals surface area contributed by atoms with Crippen LogP contribution in [0.5, 0.6) is 0 Å². The first-order valence-corrected chi connectivity index (χ1v) is 8.59. The molecule has 120 valence electrons. The first kappa shape index (κ1) is 13.8. The number of benzene rings is 1. The zero-order chi connectivity index (χ0) is 15.8. The molecule has 1 amide bonds. The summed E-state index contributed by atoms with van der Waals surface area (Å²) < 4.78 is 0. The van der Waals surface area contributed by atoms with Gasteiger partial charge in [-0.2, -0.15) is 5.10 Å². The van der Waals surface area contributed by atoms with Crippen molar-refractivity contribution in [2.45, 2.75) is 37.3 Å². The van der Waals surface area contributed by atoms with Gasteiger partial charge in [0.05, 0.1) is 17.3 Å². The van der Waals surface area contributed by atoms with Crippen molar-refractivity contribution in [1.82, 2.24) is 15.5 Å². The third kappa shape index (κ3) is 2.10. The maximum absolute atomic E-state index is 11.9. The topological polar surface area (TPSA) is 78.0 Å². The highest BCUT2D eigenvalue weighted by atomic mass is 35.5. The Labute approximate surface area is 138 Å². The maximum atomic E-state index is 11.9. The molecule has 23 heavy (non-hydrogen) atoms. The number of carbonyl (C=O) groups excluding carboxylic acids is 1. The van der Waals surface area contributed by atoms with E-state index < -0.39 is 5.60 Å². The molecule has 6 heteroatoms. The maximum Gasteiger partial charge on any atom is 0.223 e. The number of nitrogens with zero attached hydrogens (tertiary/aromatic N) is 1. The van der Waals surface area contributed by atoms with Gasteiger partial charge in [0.25, 0.3) is 0 Å². The molecular weight excluding hydrogens is 314 g/mol. The van der Waals surface area contributed by atoms with E-state index in [0.717, 1.165) is 29.3 Å². The van der Waals surface area contributed by atoms with Crippen molar-refractivity contribution in [1.29, 1.82) is 0 Å². The molecule has 3 fully saturated rings. The summed E-state index contributed by atoms with van der Waals surface area (Å²) in [5.74, 6) is 1.20. The molecule has 0 aliphatic heterocycles. The Kier molecular flexibility index (Phi) is 2.69. The summed E-state index contributed by atoms with van der Waals surface area (Å²) in [5.41, 5.74) is 0.830. The van der Waals surface area contributed by atoms with Gasteiger partial charge < -0.3 is 10.4 Å². The van der Waals surface area contributed by atoms with Crippen molar-refractivity contribution in [3.8, 4) is 0 Å². The summed E-state index contributed by atoms with van der Waals surface area (Å²) in [6, 6.07) is 3.93. The largest absolute Gasteiger partial charge is 0.385 e. The van der Waals surface area contributed by atoms with E-state index >= 15 is 0 Å². The lowest BCUT2D eigenvalue weighted by Crippen LogP contribution is -2.34. The molecule has 0 radical (unpaired) electrons. The SMILES string of the molecule is O=C(N[C@H]1[C@@H]2C[C@@](O)(c3cc(Cl)cc4[nH]ncc34)C[C@@H]21)C1CC1. The second-order valence-electron chi connectivity index (χ2n) is 7.36. The molecule has 0 spiro atoms. The number of fused-ring (bicyclic) bond motifs is 2. The van der Waals surface area contributed by atoms with Gasteiger partial charge in [-0.15, -0.1) is 0 Å². The predicted octanol–water partition coefficient (Wildman–Crippen LogP) is 2.34. The van der Waals surface area contributed by atoms with Crippen LogP contribution in [0.4, 0.5) is 0 Å². The number of hydrogen-bond acceptors (Lipinski definition) is 3. The summed E-state index contributed by atoms with van der Waals surface area (Å²) in [4.78, 5) is 11.9. The zero-order valence-corrected chi connectivity index (χ0v) is 13.3. The van der Waals surface area contributed by atoms with Crippen LogP contribution in [0.2, 0.25) is 5.02 Å². The lowest BCUT2D eigenvalue weighted by molar-refractivity contribution is -0.122. The Morgan fingerprint density at radius 2 is 2.09 bits per heavy atom. The second kappa shape index (κ2) is 4.48. The summed E-state index contributed by atoms with van der Waals surface area (Å²) in [5, 5.41) is 22.8. The summed E-state index contributed by atoms with van der Waals surface area (Å²) in [6.45, 7) is 0. The fraction of sp³-hybridized carbons (Fsp3) is 0.529. The predicted molar refractivity (Wildman–Crippen MR) is 85.9 cm³/mol.